The molecule has 0 atom stereocenters. The molecule has 9 nitrogen and oxygen atoms in total. The second kappa shape index (κ2) is 9.12. The number of nitrogens with one attached hydrogen (secondary N) is 1. The van der Waals surface area contributed by atoms with E-state index in [1.165, 1.54) is 7.05 Å². The first-order valence-corrected chi connectivity index (χ1v) is 12.2. The zero-order valence-corrected chi connectivity index (χ0v) is 22.4. The maximum absolute atomic E-state index is 13.4. The van der Waals surface area contributed by atoms with Gasteiger partial charge in [0, 0.05) is 37.4 Å². The summed E-state index contributed by atoms with van der Waals surface area (Å²) in [6, 6.07) is 2.78. The third-order valence-electron chi connectivity index (χ3n) is 5.96. The lowest BCUT2D eigenvalue weighted by Crippen LogP contribution is -2.37. The van der Waals surface area contributed by atoms with Gasteiger partial charge < -0.3 is 15.0 Å². The second-order valence-corrected chi connectivity index (χ2v) is 11.2. The van der Waals surface area contributed by atoms with Gasteiger partial charge in [0.2, 0.25) is 5.13 Å². The third kappa shape index (κ3) is 5.60. The summed E-state index contributed by atoms with van der Waals surface area (Å²) in [5.74, 6) is 0.367. The molecule has 0 spiro atoms. The number of nitrogens with zero attached hydrogens (tertiary/aromatic N) is 6. The van der Waals surface area contributed by atoms with Crippen molar-refractivity contribution in [2.75, 3.05) is 29.2 Å². The highest BCUT2D eigenvalue weighted by Crippen LogP contribution is 2.39. The first-order chi connectivity index (χ1) is 17.0. The Morgan fingerprint density at radius 2 is 1.89 bits per heavy atom. The largest absolute Gasteiger partial charge is 0.443 e. The van der Waals surface area contributed by atoms with Gasteiger partial charge in [-0.3, -0.25) is 9.88 Å². The number of pyridine rings is 2. The van der Waals surface area contributed by atoms with Crippen molar-refractivity contribution in [2.45, 2.75) is 58.4 Å². The Balaban J connectivity index is 1.63. The summed E-state index contributed by atoms with van der Waals surface area (Å²) in [5, 5.41) is 3.17. The molecule has 0 radical (unpaired) electrons. The highest BCUT2D eigenvalue weighted by molar-refractivity contribution is 7.09. The second-order valence-electron chi connectivity index (χ2n) is 10.4. The van der Waals surface area contributed by atoms with Gasteiger partial charge in [-0.15, -0.1) is 0 Å². The minimum atomic E-state index is -4.65. The van der Waals surface area contributed by atoms with Gasteiger partial charge in [0.25, 0.3) is 0 Å². The van der Waals surface area contributed by atoms with Crippen LogP contribution >= 0.6 is 11.5 Å². The number of amides is 1. The summed E-state index contributed by atoms with van der Waals surface area (Å²) >= 11 is 1.00. The predicted molar refractivity (Wildman–Crippen MR) is 136 cm³/mol. The average Bonchev–Trinajstić information content (AvgIpc) is 3.33. The van der Waals surface area contributed by atoms with Crippen molar-refractivity contribution in [3.05, 3.63) is 35.7 Å². The third-order valence-corrected chi connectivity index (χ3v) is 6.59. The van der Waals surface area contributed by atoms with Gasteiger partial charge in [-0.2, -0.15) is 22.5 Å². The number of hydrogen-bond acceptors (Lipinski definition) is 9. The van der Waals surface area contributed by atoms with Gasteiger partial charge in [0.15, 0.2) is 11.6 Å². The fourth-order valence-corrected chi connectivity index (χ4v) is 4.41. The number of halogens is 3. The molecule has 1 amide bonds. The van der Waals surface area contributed by atoms with Crippen molar-refractivity contribution in [1.82, 2.24) is 19.3 Å². The van der Waals surface area contributed by atoms with Crippen molar-refractivity contribution in [3.63, 3.8) is 0 Å². The van der Waals surface area contributed by atoms with Gasteiger partial charge in [0.1, 0.15) is 11.3 Å². The van der Waals surface area contributed by atoms with Crippen LogP contribution in [0.5, 0.6) is 0 Å². The highest BCUT2D eigenvalue weighted by atomic mass is 32.1. The number of carbonyl (C=O) groups excluding carboxylic acids is 1. The molecule has 0 bridgehead atoms. The van der Waals surface area contributed by atoms with Gasteiger partial charge >= 0.3 is 12.3 Å². The molecule has 1 aliphatic rings. The van der Waals surface area contributed by atoms with E-state index in [-0.39, 0.29) is 22.2 Å². The maximum atomic E-state index is 13.4. The minimum Gasteiger partial charge on any atom is -0.443 e. The summed E-state index contributed by atoms with van der Waals surface area (Å²) in [5.41, 5.74) is 0.766. The summed E-state index contributed by atoms with van der Waals surface area (Å²) < 4.78 is 49.9. The molecular formula is C24H28F3N7O2S. The standard InChI is InChI=1S/C24H28F3N7O2S/c1-22(2,3)36-21(35)33(6)16-9-14(24(25,26)27)11-29-19(16)31-20-30-18(32-37-20)15-8-13-10-23(4,5)34(7)17(13)12-28-15/h8-9,11-12H,10H2,1-7H3,(H,29,30,31,32). The monoisotopic (exact) mass is 535 g/mol. The van der Waals surface area contributed by atoms with Gasteiger partial charge in [-0.25, -0.2) is 9.78 Å². The smallest absolute Gasteiger partial charge is 0.417 e. The minimum absolute atomic E-state index is 0.00524. The van der Waals surface area contributed by atoms with Gasteiger partial charge in [-0.1, -0.05) is 0 Å². The first-order valence-electron chi connectivity index (χ1n) is 11.4. The van der Waals surface area contributed by atoms with E-state index in [0.717, 1.165) is 40.2 Å². The zero-order valence-electron chi connectivity index (χ0n) is 21.6. The van der Waals surface area contributed by atoms with E-state index in [2.05, 4.69) is 43.4 Å². The Hall–Kier alpha value is -3.48. The quantitative estimate of drug-likeness (QED) is 0.441. The molecular weight excluding hydrogens is 507 g/mol. The molecule has 0 aromatic carbocycles. The van der Waals surface area contributed by atoms with E-state index in [1.54, 1.807) is 27.0 Å². The molecule has 3 aromatic rings. The van der Waals surface area contributed by atoms with E-state index in [0.29, 0.717) is 17.7 Å². The Kier molecular flexibility index (Phi) is 6.55. The number of hydrogen-bond donors (Lipinski definition) is 1. The molecule has 198 valence electrons. The number of alkyl halides is 3. The van der Waals surface area contributed by atoms with Crippen LogP contribution in [0.4, 0.5) is 40.3 Å². The number of carbonyl (C=O) groups is 1. The molecule has 0 unspecified atom stereocenters. The van der Waals surface area contributed by atoms with Crippen molar-refractivity contribution < 1.29 is 22.7 Å². The highest BCUT2D eigenvalue weighted by Gasteiger charge is 2.35. The normalized spacial score (nSPS) is 14.9. The molecule has 0 saturated carbocycles. The van der Waals surface area contributed by atoms with Crippen molar-refractivity contribution >= 4 is 39.9 Å². The summed E-state index contributed by atoms with van der Waals surface area (Å²) in [4.78, 5) is 28.6. The number of fused-ring (bicyclic) bond motifs is 1. The molecule has 3 aromatic heterocycles. The number of ether oxygens (including phenoxy) is 1. The molecule has 1 N–H and O–H groups in total. The van der Waals surface area contributed by atoms with Crippen LogP contribution in [0.3, 0.4) is 0 Å². The van der Waals surface area contributed by atoms with E-state index in [4.69, 9.17) is 4.74 Å². The van der Waals surface area contributed by atoms with Crippen molar-refractivity contribution in [1.29, 1.82) is 0 Å². The molecule has 4 heterocycles. The number of anilines is 4. The Bertz CT molecular complexity index is 1330. The Morgan fingerprint density at radius 3 is 2.54 bits per heavy atom. The number of aromatic nitrogens is 4. The SMILES string of the molecule is CN(C(=O)OC(C)(C)C)c1cc(C(F)(F)F)cnc1Nc1nc(-c2cc3c(cn2)N(C)C(C)(C)C3)ns1. The van der Waals surface area contributed by atoms with Crippen LogP contribution in [-0.4, -0.2) is 50.7 Å². The molecule has 37 heavy (non-hydrogen) atoms. The fraction of sp³-hybridized carbons (Fsp3) is 0.458. The summed E-state index contributed by atoms with van der Waals surface area (Å²) in [6.45, 7) is 9.29. The molecule has 1 aliphatic heterocycles. The first kappa shape index (κ1) is 26.6. The predicted octanol–water partition coefficient (Wildman–Crippen LogP) is 5.90. The topological polar surface area (TPSA) is 96.4 Å². The molecule has 4 rings (SSSR count). The molecule has 0 fully saturated rings. The number of likely N-dealkylation sites (N-methyl/N-ethyl adjacent to an activating group) is 1. The van der Waals surface area contributed by atoms with E-state index >= 15 is 0 Å². The lowest BCUT2D eigenvalue weighted by molar-refractivity contribution is -0.137. The van der Waals surface area contributed by atoms with Gasteiger partial charge in [-0.05, 0) is 58.7 Å². The Morgan fingerprint density at radius 1 is 1.19 bits per heavy atom. The van der Waals surface area contributed by atoms with Crippen LogP contribution < -0.4 is 15.1 Å². The summed E-state index contributed by atoms with van der Waals surface area (Å²) in [7, 11) is 3.34. The summed E-state index contributed by atoms with van der Waals surface area (Å²) in [6.07, 6.45) is -2.15. The van der Waals surface area contributed by atoms with Crippen LogP contribution in [0.2, 0.25) is 0 Å². The van der Waals surface area contributed by atoms with Crippen LogP contribution in [-0.2, 0) is 17.3 Å². The maximum Gasteiger partial charge on any atom is 0.417 e. The van der Waals surface area contributed by atoms with Crippen molar-refractivity contribution in [2.24, 2.45) is 0 Å². The van der Waals surface area contributed by atoms with E-state index in [9.17, 15) is 18.0 Å². The van der Waals surface area contributed by atoms with Crippen LogP contribution in [0.15, 0.2) is 24.5 Å². The van der Waals surface area contributed by atoms with E-state index in [1.807, 2.05) is 13.1 Å². The van der Waals surface area contributed by atoms with E-state index < -0.39 is 23.4 Å². The zero-order chi connectivity index (χ0) is 27.3. The average molecular weight is 536 g/mol. The number of rotatable bonds is 4. The van der Waals surface area contributed by atoms with Crippen LogP contribution in [0.25, 0.3) is 11.5 Å². The molecule has 0 aliphatic carbocycles. The van der Waals surface area contributed by atoms with Crippen LogP contribution in [0.1, 0.15) is 45.7 Å². The molecule has 13 heteroatoms. The lowest BCUT2D eigenvalue weighted by atomic mass is 10.00. The van der Waals surface area contributed by atoms with Crippen molar-refractivity contribution in [3.8, 4) is 11.5 Å². The fourth-order valence-electron chi connectivity index (χ4n) is 3.83. The lowest BCUT2D eigenvalue weighted by Gasteiger charge is -2.29. The Labute approximate surface area is 216 Å². The van der Waals surface area contributed by atoms with Crippen LogP contribution in [0, 0.1) is 0 Å². The van der Waals surface area contributed by atoms with Gasteiger partial charge in [0.05, 0.1) is 23.1 Å². The molecule has 0 saturated heterocycles.